The highest BCUT2D eigenvalue weighted by Gasteiger charge is 2.21. The van der Waals surface area contributed by atoms with Crippen LogP contribution in [0.15, 0.2) is 47.1 Å². The van der Waals surface area contributed by atoms with Crippen LogP contribution in [0.3, 0.4) is 0 Å². The van der Waals surface area contributed by atoms with Crippen molar-refractivity contribution in [2.75, 3.05) is 14.2 Å². The summed E-state index contributed by atoms with van der Waals surface area (Å²) >= 11 is 1.37. The van der Waals surface area contributed by atoms with Crippen molar-refractivity contribution < 1.29 is 17.9 Å². The average molecular weight is 392 g/mol. The molecule has 0 aliphatic carbocycles. The lowest BCUT2D eigenvalue weighted by atomic mass is 10.3. The summed E-state index contributed by atoms with van der Waals surface area (Å²) in [7, 11) is -0.929. The highest BCUT2D eigenvalue weighted by atomic mass is 32.2. The van der Waals surface area contributed by atoms with Gasteiger partial charge in [-0.3, -0.25) is 9.97 Å². The molecule has 0 saturated carbocycles. The fourth-order valence-corrected chi connectivity index (χ4v) is 4.12. The number of rotatable bonds is 7. The predicted molar refractivity (Wildman–Crippen MR) is 96.7 cm³/mol. The standard InChI is InChI=1S/C16H16N4O4S2/c1-23-12-3-4-14(24-2)15(7-12)26(21,22)19-8-11-10-25-16(20-11)13-9-17-5-6-18-13/h3-7,9-10,19H,8H2,1-2H3. The van der Waals surface area contributed by atoms with Crippen molar-refractivity contribution in [2.24, 2.45) is 0 Å². The molecule has 0 atom stereocenters. The summed E-state index contributed by atoms with van der Waals surface area (Å²) < 4.78 is 38.0. The summed E-state index contributed by atoms with van der Waals surface area (Å²) in [5.74, 6) is 0.654. The average Bonchev–Trinajstić information content (AvgIpc) is 3.16. The lowest BCUT2D eigenvalue weighted by Crippen LogP contribution is -2.24. The van der Waals surface area contributed by atoms with E-state index in [1.165, 1.54) is 31.6 Å². The normalized spacial score (nSPS) is 11.3. The van der Waals surface area contributed by atoms with E-state index in [0.29, 0.717) is 22.1 Å². The molecule has 0 fully saturated rings. The van der Waals surface area contributed by atoms with Gasteiger partial charge in [-0.1, -0.05) is 0 Å². The van der Waals surface area contributed by atoms with Gasteiger partial charge in [-0.05, 0) is 12.1 Å². The van der Waals surface area contributed by atoms with Gasteiger partial charge in [-0.15, -0.1) is 11.3 Å². The third kappa shape index (κ3) is 3.98. The van der Waals surface area contributed by atoms with E-state index in [2.05, 4.69) is 19.7 Å². The number of nitrogens with zero attached hydrogens (tertiary/aromatic N) is 3. The Morgan fingerprint density at radius 3 is 2.73 bits per heavy atom. The minimum Gasteiger partial charge on any atom is -0.497 e. The molecule has 3 rings (SSSR count). The van der Waals surface area contributed by atoms with Crippen LogP contribution in [-0.2, 0) is 16.6 Å². The third-order valence-corrected chi connectivity index (χ3v) is 5.77. The SMILES string of the molecule is COc1ccc(OC)c(S(=O)(=O)NCc2csc(-c3cnccn3)n2)c1. The van der Waals surface area contributed by atoms with E-state index in [1.54, 1.807) is 36.1 Å². The number of nitrogens with one attached hydrogen (secondary N) is 1. The Balaban J connectivity index is 1.78. The van der Waals surface area contributed by atoms with Gasteiger partial charge in [0.15, 0.2) is 0 Å². The van der Waals surface area contributed by atoms with E-state index in [0.717, 1.165) is 0 Å². The van der Waals surface area contributed by atoms with Gasteiger partial charge in [0.2, 0.25) is 10.0 Å². The molecule has 26 heavy (non-hydrogen) atoms. The van der Waals surface area contributed by atoms with Gasteiger partial charge in [-0.2, -0.15) is 0 Å². The molecule has 10 heteroatoms. The Morgan fingerprint density at radius 1 is 1.19 bits per heavy atom. The molecule has 0 unspecified atom stereocenters. The molecule has 1 aromatic carbocycles. The molecule has 0 saturated heterocycles. The highest BCUT2D eigenvalue weighted by Crippen LogP contribution is 2.28. The number of benzene rings is 1. The molecule has 3 aromatic rings. The topological polar surface area (TPSA) is 103 Å². The fourth-order valence-electron chi connectivity index (χ4n) is 2.16. The summed E-state index contributed by atoms with van der Waals surface area (Å²) in [5, 5.41) is 2.45. The predicted octanol–water partition coefficient (Wildman–Crippen LogP) is 2.10. The Labute approximate surface area is 154 Å². The van der Waals surface area contributed by atoms with Crippen LogP contribution in [0.5, 0.6) is 11.5 Å². The summed E-state index contributed by atoms with van der Waals surface area (Å²) in [6, 6.07) is 4.58. The van der Waals surface area contributed by atoms with Crippen LogP contribution in [0.25, 0.3) is 10.7 Å². The first-order valence-electron chi connectivity index (χ1n) is 7.46. The second-order valence-electron chi connectivity index (χ2n) is 5.08. The van der Waals surface area contributed by atoms with E-state index in [9.17, 15) is 8.42 Å². The second-order valence-corrected chi connectivity index (χ2v) is 7.67. The van der Waals surface area contributed by atoms with E-state index >= 15 is 0 Å². The highest BCUT2D eigenvalue weighted by molar-refractivity contribution is 7.89. The van der Waals surface area contributed by atoms with Crippen molar-refractivity contribution in [3.63, 3.8) is 0 Å². The number of hydrogen-bond donors (Lipinski definition) is 1. The van der Waals surface area contributed by atoms with Crippen LogP contribution in [-0.4, -0.2) is 37.6 Å². The van der Waals surface area contributed by atoms with Crippen LogP contribution in [0.4, 0.5) is 0 Å². The smallest absolute Gasteiger partial charge is 0.244 e. The zero-order chi connectivity index (χ0) is 18.6. The Morgan fingerprint density at radius 2 is 2.04 bits per heavy atom. The first kappa shape index (κ1) is 18.2. The zero-order valence-corrected chi connectivity index (χ0v) is 15.7. The first-order chi connectivity index (χ1) is 12.5. The maximum atomic E-state index is 12.6. The lowest BCUT2D eigenvalue weighted by Gasteiger charge is -2.11. The summed E-state index contributed by atoms with van der Waals surface area (Å²) in [6.45, 7) is 0.0411. The molecule has 0 aliphatic heterocycles. The molecule has 136 valence electrons. The quantitative estimate of drug-likeness (QED) is 0.657. The van der Waals surface area contributed by atoms with Gasteiger partial charge < -0.3 is 9.47 Å². The Hall–Kier alpha value is -2.56. The van der Waals surface area contributed by atoms with E-state index in [-0.39, 0.29) is 17.2 Å². The summed E-state index contributed by atoms with van der Waals surface area (Å²) in [5.41, 5.74) is 1.22. The van der Waals surface area contributed by atoms with Crippen molar-refractivity contribution in [3.05, 3.63) is 47.9 Å². The van der Waals surface area contributed by atoms with Crippen molar-refractivity contribution in [1.29, 1.82) is 0 Å². The van der Waals surface area contributed by atoms with Crippen LogP contribution >= 0.6 is 11.3 Å². The number of ether oxygens (including phenoxy) is 2. The molecular formula is C16H16N4O4S2. The van der Waals surface area contributed by atoms with E-state index in [4.69, 9.17) is 9.47 Å². The first-order valence-corrected chi connectivity index (χ1v) is 9.82. The molecule has 2 aromatic heterocycles. The monoisotopic (exact) mass is 392 g/mol. The van der Waals surface area contributed by atoms with E-state index < -0.39 is 10.0 Å². The molecule has 0 bridgehead atoms. The molecule has 1 N–H and O–H groups in total. The number of hydrogen-bond acceptors (Lipinski definition) is 8. The summed E-state index contributed by atoms with van der Waals surface area (Å²) in [6.07, 6.45) is 4.76. The largest absolute Gasteiger partial charge is 0.497 e. The minimum atomic E-state index is -3.81. The number of aromatic nitrogens is 3. The van der Waals surface area contributed by atoms with Crippen LogP contribution in [0.1, 0.15) is 5.69 Å². The molecular weight excluding hydrogens is 376 g/mol. The Bertz CT molecular complexity index is 990. The van der Waals surface area contributed by atoms with Gasteiger partial charge in [0.25, 0.3) is 0 Å². The van der Waals surface area contributed by atoms with Crippen molar-refractivity contribution in [2.45, 2.75) is 11.4 Å². The van der Waals surface area contributed by atoms with E-state index in [1.807, 2.05) is 0 Å². The molecule has 0 spiro atoms. The molecule has 0 amide bonds. The second kappa shape index (κ2) is 7.77. The van der Waals surface area contributed by atoms with Gasteiger partial charge in [-0.25, -0.2) is 18.1 Å². The lowest BCUT2D eigenvalue weighted by molar-refractivity contribution is 0.392. The van der Waals surface area contributed by atoms with Gasteiger partial charge >= 0.3 is 0 Å². The minimum absolute atomic E-state index is 0.00345. The molecule has 0 radical (unpaired) electrons. The number of methoxy groups -OCH3 is 2. The van der Waals surface area contributed by atoms with Gasteiger partial charge in [0.05, 0.1) is 32.7 Å². The van der Waals surface area contributed by atoms with Gasteiger partial charge in [0, 0.05) is 23.8 Å². The maximum Gasteiger partial charge on any atom is 0.244 e. The van der Waals surface area contributed by atoms with Crippen LogP contribution in [0.2, 0.25) is 0 Å². The van der Waals surface area contributed by atoms with Crippen LogP contribution < -0.4 is 14.2 Å². The van der Waals surface area contributed by atoms with Crippen molar-refractivity contribution >= 4 is 21.4 Å². The summed E-state index contributed by atoms with van der Waals surface area (Å²) in [4.78, 5) is 12.6. The molecule has 2 heterocycles. The van der Waals surface area contributed by atoms with Crippen molar-refractivity contribution in [3.8, 4) is 22.2 Å². The van der Waals surface area contributed by atoms with Crippen LogP contribution in [0, 0.1) is 0 Å². The van der Waals surface area contributed by atoms with Crippen molar-refractivity contribution in [1.82, 2.24) is 19.7 Å². The maximum absolute atomic E-state index is 12.6. The molecule has 8 nitrogen and oxygen atoms in total. The van der Waals surface area contributed by atoms with Gasteiger partial charge in [0.1, 0.15) is 27.1 Å². The third-order valence-electron chi connectivity index (χ3n) is 3.44. The Kier molecular flexibility index (Phi) is 5.45. The number of thiazole rings is 1. The number of sulfonamides is 1. The molecule has 0 aliphatic rings. The zero-order valence-electron chi connectivity index (χ0n) is 14.0. The fraction of sp³-hybridized carbons (Fsp3) is 0.188.